The van der Waals surface area contributed by atoms with Crippen LogP contribution in [0, 0.1) is 5.82 Å². The first-order chi connectivity index (χ1) is 8.86. The first-order valence-electron chi connectivity index (χ1n) is 5.99. The van der Waals surface area contributed by atoms with Gasteiger partial charge in [-0.05, 0) is 24.3 Å². The molecule has 1 amide bonds. The molecular formula is C14H16FN3O. The molecule has 0 atom stereocenters. The van der Waals surface area contributed by atoms with E-state index in [0.29, 0.717) is 11.4 Å². The number of carbonyl (C=O) groups excluding carboxylic acids is 1. The Bertz CT molecular complexity index is 581. The Morgan fingerprint density at radius 3 is 2.42 bits per heavy atom. The van der Waals surface area contributed by atoms with Gasteiger partial charge in [-0.25, -0.2) is 4.39 Å². The van der Waals surface area contributed by atoms with Crippen LogP contribution in [-0.4, -0.2) is 16.1 Å². The predicted molar refractivity (Wildman–Crippen MR) is 71.6 cm³/mol. The molecule has 4 nitrogen and oxygen atoms in total. The second-order valence-electron chi connectivity index (χ2n) is 5.38. The van der Waals surface area contributed by atoms with Crippen LogP contribution >= 0.6 is 0 Å². The van der Waals surface area contributed by atoms with E-state index in [9.17, 15) is 9.18 Å². The Morgan fingerprint density at radius 2 is 1.89 bits per heavy atom. The van der Waals surface area contributed by atoms with Gasteiger partial charge in [-0.1, -0.05) is 20.8 Å². The molecule has 0 bridgehead atoms. The number of nitrogens with one attached hydrogen (secondary N) is 2. The monoisotopic (exact) mass is 261 g/mol. The molecule has 2 N–H and O–H groups in total. The van der Waals surface area contributed by atoms with Gasteiger partial charge in [-0.15, -0.1) is 0 Å². The van der Waals surface area contributed by atoms with Crippen LogP contribution in [0.2, 0.25) is 0 Å². The number of H-pyrrole nitrogens is 1. The second kappa shape index (κ2) is 4.84. The maximum atomic E-state index is 12.8. The van der Waals surface area contributed by atoms with Gasteiger partial charge in [0.15, 0.2) is 5.82 Å². The first kappa shape index (κ1) is 13.3. The van der Waals surface area contributed by atoms with Gasteiger partial charge in [0.05, 0.1) is 0 Å². The lowest BCUT2D eigenvalue weighted by atomic mass is 9.92. The Kier molecular flexibility index (Phi) is 3.38. The standard InChI is InChI=1S/C14H16FN3O/c1-14(2,3)11-8-12(18-17-11)16-13(19)9-4-6-10(15)7-5-9/h4-8H,1-3H3,(H2,16,17,18,19). The van der Waals surface area contributed by atoms with Crippen LogP contribution in [0.15, 0.2) is 30.3 Å². The van der Waals surface area contributed by atoms with Crippen LogP contribution in [-0.2, 0) is 5.41 Å². The highest BCUT2D eigenvalue weighted by atomic mass is 19.1. The molecule has 1 aromatic heterocycles. The molecule has 100 valence electrons. The van der Waals surface area contributed by atoms with E-state index in [1.54, 1.807) is 6.07 Å². The highest BCUT2D eigenvalue weighted by molar-refractivity contribution is 6.03. The van der Waals surface area contributed by atoms with Gasteiger partial charge < -0.3 is 5.32 Å². The lowest BCUT2D eigenvalue weighted by molar-refractivity contribution is 0.102. The quantitative estimate of drug-likeness (QED) is 0.872. The SMILES string of the molecule is CC(C)(C)c1cc(NC(=O)c2ccc(F)cc2)n[nH]1. The van der Waals surface area contributed by atoms with Crippen molar-refractivity contribution >= 4 is 11.7 Å². The molecule has 2 rings (SSSR count). The molecule has 19 heavy (non-hydrogen) atoms. The van der Waals surface area contributed by atoms with E-state index in [1.165, 1.54) is 24.3 Å². The van der Waals surface area contributed by atoms with Crippen molar-refractivity contribution in [2.45, 2.75) is 26.2 Å². The molecule has 0 aliphatic heterocycles. The maximum absolute atomic E-state index is 12.8. The van der Waals surface area contributed by atoms with Crippen molar-refractivity contribution in [1.82, 2.24) is 10.2 Å². The number of carbonyl (C=O) groups is 1. The molecule has 0 fully saturated rings. The minimum absolute atomic E-state index is 0.0636. The van der Waals surface area contributed by atoms with E-state index in [-0.39, 0.29) is 17.1 Å². The zero-order valence-electron chi connectivity index (χ0n) is 11.1. The van der Waals surface area contributed by atoms with Gasteiger partial charge in [0.2, 0.25) is 0 Å². The zero-order chi connectivity index (χ0) is 14.0. The van der Waals surface area contributed by atoms with Gasteiger partial charge in [0, 0.05) is 22.7 Å². The van der Waals surface area contributed by atoms with Gasteiger partial charge in [-0.3, -0.25) is 9.89 Å². The van der Waals surface area contributed by atoms with E-state index >= 15 is 0 Å². The van der Waals surface area contributed by atoms with E-state index < -0.39 is 0 Å². The lowest BCUT2D eigenvalue weighted by Crippen LogP contribution is -2.12. The summed E-state index contributed by atoms with van der Waals surface area (Å²) in [5, 5.41) is 9.59. The van der Waals surface area contributed by atoms with Crippen molar-refractivity contribution in [3.8, 4) is 0 Å². The molecule has 5 heteroatoms. The van der Waals surface area contributed by atoms with Crippen molar-refractivity contribution in [2.75, 3.05) is 5.32 Å². The number of aromatic amines is 1. The van der Waals surface area contributed by atoms with Crippen molar-refractivity contribution < 1.29 is 9.18 Å². The summed E-state index contributed by atoms with van der Waals surface area (Å²) in [7, 11) is 0. The molecule has 0 unspecified atom stereocenters. The van der Waals surface area contributed by atoms with E-state index in [4.69, 9.17) is 0 Å². The van der Waals surface area contributed by atoms with Gasteiger partial charge in [0.1, 0.15) is 5.82 Å². The maximum Gasteiger partial charge on any atom is 0.256 e. The fourth-order valence-electron chi connectivity index (χ4n) is 1.56. The third kappa shape index (κ3) is 3.19. The molecule has 0 saturated heterocycles. The number of hydrogen-bond acceptors (Lipinski definition) is 2. The Hall–Kier alpha value is -2.17. The normalized spacial score (nSPS) is 11.4. The predicted octanol–water partition coefficient (Wildman–Crippen LogP) is 3.10. The Labute approximate surface area is 111 Å². The number of benzene rings is 1. The van der Waals surface area contributed by atoms with Crippen LogP contribution in [0.1, 0.15) is 36.8 Å². The first-order valence-corrected chi connectivity index (χ1v) is 5.99. The third-order valence-electron chi connectivity index (χ3n) is 2.73. The Balaban J connectivity index is 2.11. The van der Waals surface area contributed by atoms with E-state index in [0.717, 1.165) is 5.69 Å². The van der Waals surface area contributed by atoms with Crippen molar-refractivity contribution in [2.24, 2.45) is 0 Å². The van der Waals surface area contributed by atoms with Crippen LogP contribution in [0.5, 0.6) is 0 Å². The van der Waals surface area contributed by atoms with Crippen LogP contribution in [0.25, 0.3) is 0 Å². The van der Waals surface area contributed by atoms with Crippen molar-refractivity contribution in [3.63, 3.8) is 0 Å². The van der Waals surface area contributed by atoms with Crippen molar-refractivity contribution in [1.29, 1.82) is 0 Å². The second-order valence-corrected chi connectivity index (χ2v) is 5.38. The summed E-state index contributed by atoms with van der Waals surface area (Å²) in [6.07, 6.45) is 0. The molecule has 0 radical (unpaired) electrons. The third-order valence-corrected chi connectivity index (χ3v) is 2.73. The zero-order valence-corrected chi connectivity index (χ0v) is 11.1. The summed E-state index contributed by atoms with van der Waals surface area (Å²) >= 11 is 0. The average Bonchev–Trinajstić information content (AvgIpc) is 2.78. The largest absolute Gasteiger partial charge is 0.305 e. The summed E-state index contributed by atoms with van der Waals surface area (Å²) in [5.74, 6) is -0.224. The fourth-order valence-corrected chi connectivity index (χ4v) is 1.56. The number of halogens is 1. The minimum atomic E-state index is -0.369. The van der Waals surface area contributed by atoms with Gasteiger partial charge >= 0.3 is 0 Å². The number of amides is 1. The van der Waals surface area contributed by atoms with Crippen molar-refractivity contribution in [3.05, 3.63) is 47.4 Å². The summed E-state index contributed by atoms with van der Waals surface area (Å²) in [4.78, 5) is 11.9. The van der Waals surface area contributed by atoms with Crippen LogP contribution in [0.3, 0.4) is 0 Å². The smallest absolute Gasteiger partial charge is 0.256 e. The van der Waals surface area contributed by atoms with Crippen LogP contribution in [0.4, 0.5) is 10.2 Å². The average molecular weight is 261 g/mol. The molecule has 1 aromatic carbocycles. The highest BCUT2D eigenvalue weighted by Gasteiger charge is 2.17. The molecule has 1 heterocycles. The molecule has 0 aliphatic carbocycles. The number of anilines is 1. The van der Waals surface area contributed by atoms with Gasteiger partial charge in [0.25, 0.3) is 5.91 Å². The molecule has 0 spiro atoms. The highest BCUT2D eigenvalue weighted by Crippen LogP contribution is 2.22. The van der Waals surface area contributed by atoms with Crippen LogP contribution < -0.4 is 5.32 Å². The molecule has 2 aromatic rings. The molecule has 0 saturated carbocycles. The Morgan fingerprint density at radius 1 is 1.26 bits per heavy atom. The molecule has 0 aliphatic rings. The lowest BCUT2D eigenvalue weighted by Gasteiger charge is -2.14. The number of rotatable bonds is 2. The summed E-state index contributed by atoms with van der Waals surface area (Å²) in [6, 6.07) is 7.16. The fraction of sp³-hybridized carbons (Fsp3) is 0.286. The summed E-state index contributed by atoms with van der Waals surface area (Å²) in [5.41, 5.74) is 1.26. The number of hydrogen-bond donors (Lipinski definition) is 2. The van der Waals surface area contributed by atoms with E-state index in [1.807, 2.05) is 20.8 Å². The summed E-state index contributed by atoms with van der Waals surface area (Å²) < 4.78 is 12.8. The van der Waals surface area contributed by atoms with Gasteiger partial charge in [-0.2, -0.15) is 5.10 Å². The molecular weight excluding hydrogens is 245 g/mol. The topological polar surface area (TPSA) is 57.8 Å². The van der Waals surface area contributed by atoms with E-state index in [2.05, 4.69) is 15.5 Å². The number of aromatic nitrogens is 2. The number of nitrogens with zero attached hydrogens (tertiary/aromatic N) is 1. The summed E-state index contributed by atoms with van der Waals surface area (Å²) in [6.45, 7) is 6.14. The minimum Gasteiger partial charge on any atom is -0.305 e.